The van der Waals surface area contributed by atoms with Crippen LogP contribution in [-0.2, 0) is 6.54 Å². The number of benzene rings is 1. The summed E-state index contributed by atoms with van der Waals surface area (Å²) in [7, 11) is 0. The highest BCUT2D eigenvalue weighted by atomic mass is 15.2. The van der Waals surface area contributed by atoms with Crippen LogP contribution >= 0.6 is 0 Å². The molecule has 0 spiro atoms. The van der Waals surface area contributed by atoms with Crippen molar-refractivity contribution in [2.24, 2.45) is 5.92 Å². The Hall–Kier alpha value is -0.820. The van der Waals surface area contributed by atoms with E-state index in [0.29, 0.717) is 11.5 Å². The topological polar surface area (TPSA) is 3.24 Å². The third-order valence-electron chi connectivity index (χ3n) is 5.02. The Bertz CT molecular complexity index is 433. The summed E-state index contributed by atoms with van der Waals surface area (Å²) >= 11 is 0. The van der Waals surface area contributed by atoms with E-state index in [2.05, 4.69) is 63.8 Å². The predicted octanol–water partition coefficient (Wildman–Crippen LogP) is 5.21. The molecule has 1 aliphatic heterocycles. The van der Waals surface area contributed by atoms with E-state index >= 15 is 0 Å². The standard InChI is InChI=1S/C19H31N/c1-6-16-10-11-20(19(4,5)13-16)14-17-8-7-9-18(12-17)15(2)3/h7-9,12,15-16H,6,10-11,13-14H2,1-5H3. The largest absolute Gasteiger partial charge is 0.294 e. The second kappa shape index (κ2) is 6.30. The van der Waals surface area contributed by atoms with Crippen LogP contribution in [-0.4, -0.2) is 17.0 Å². The Morgan fingerprint density at radius 1 is 1.30 bits per heavy atom. The first-order valence-corrected chi connectivity index (χ1v) is 8.26. The number of nitrogens with zero attached hydrogens (tertiary/aromatic N) is 1. The molecule has 0 bridgehead atoms. The number of hydrogen-bond donors (Lipinski definition) is 0. The molecule has 1 saturated heterocycles. The van der Waals surface area contributed by atoms with Crippen molar-refractivity contribution >= 4 is 0 Å². The van der Waals surface area contributed by atoms with Crippen LogP contribution in [0.2, 0.25) is 0 Å². The molecule has 1 aliphatic rings. The molecule has 1 aromatic rings. The number of hydrogen-bond acceptors (Lipinski definition) is 1. The number of likely N-dealkylation sites (tertiary alicyclic amines) is 1. The highest BCUT2D eigenvalue weighted by Gasteiger charge is 2.33. The summed E-state index contributed by atoms with van der Waals surface area (Å²) in [5.74, 6) is 1.54. The molecular formula is C19H31N. The molecule has 0 N–H and O–H groups in total. The molecule has 1 atom stereocenters. The zero-order chi connectivity index (χ0) is 14.8. The Morgan fingerprint density at radius 2 is 2.05 bits per heavy atom. The van der Waals surface area contributed by atoms with E-state index < -0.39 is 0 Å². The SMILES string of the molecule is CCC1CCN(Cc2cccc(C(C)C)c2)C(C)(C)C1. The Balaban J connectivity index is 2.08. The van der Waals surface area contributed by atoms with Crippen molar-refractivity contribution < 1.29 is 0 Å². The minimum atomic E-state index is 0.340. The first-order valence-electron chi connectivity index (χ1n) is 8.26. The van der Waals surface area contributed by atoms with Gasteiger partial charge in [-0.2, -0.15) is 0 Å². The van der Waals surface area contributed by atoms with Crippen LogP contribution < -0.4 is 0 Å². The fourth-order valence-corrected chi connectivity index (χ4v) is 3.49. The van der Waals surface area contributed by atoms with Gasteiger partial charge in [0.2, 0.25) is 0 Å². The Morgan fingerprint density at radius 3 is 2.65 bits per heavy atom. The van der Waals surface area contributed by atoms with E-state index in [-0.39, 0.29) is 0 Å². The molecule has 1 fully saturated rings. The van der Waals surface area contributed by atoms with Gasteiger partial charge in [-0.1, -0.05) is 51.5 Å². The van der Waals surface area contributed by atoms with Gasteiger partial charge in [0.1, 0.15) is 0 Å². The van der Waals surface area contributed by atoms with Crippen molar-refractivity contribution in [1.29, 1.82) is 0 Å². The molecule has 112 valence electrons. The zero-order valence-electron chi connectivity index (χ0n) is 13.9. The van der Waals surface area contributed by atoms with Crippen LogP contribution in [0.15, 0.2) is 24.3 Å². The summed E-state index contributed by atoms with van der Waals surface area (Å²) < 4.78 is 0. The molecule has 0 radical (unpaired) electrons. The van der Waals surface area contributed by atoms with Crippen molar-refractivity contribution in [3.63, 3.8) is 0 Å². The number of piperidine rings is 1. The molecule has 20 heavy (non-hydrogen) atoms. The monoisotopic (exact) mass is 273 g/mol. The van der Waals surface area contributed by atoms with E-state index in [9.17, 15) is 0 Å². The van der Waals surface area contributed by atoms with E-state index in [4.69, 9.17) is 0 Å². The average molecular weight is 273 g/mol. The molecule has 1 heterocycles. The highest BCUT2D eigenvalue weighted by Crippen LogP contribution is 2.34. The van der Waals surface area contributed by atoms with Gasteiger partial charge in [-0.25, -0.2) is 0 Å². The fourth-order valence-electron chi connectivity index (χ4n) is 3.49. The van der Waals surface area contributed by atoms with E-state index in [1.165, 1.54) is 36.9 Å². The van der Waals surface area contributed by atoms with Gasteiger partial charge in [-0.3, -0.25) is 4.90 Å². The van der Waals surface area contributed by atoms with Gasteiger partial charge in [-0.15, -0.1) is 0 Å². The van der Waals surface area contributed by atoms with Gasteiger partial charge in [0.05, 0.1) is 0 Å². The molecule has 0 amide bonds. The summed E-state index contributed by atoms with van der Waals surface area (Å²) in [6.45, 7) is 14.1. The maximum atomic E-state index is 2.68. The summed E-state index contributed by atoms with van der Waals surface area (Å²) in [5, 5.41) is 0. The van der Waals surface area contributed by atoms with E-state index in [1.807, 2.05) is 0 Å². The molecule has 0 saturated carbocycles. The summed E-state index contributed by atoms with van der Waals surface area (Å²) in [5.41, 5.74) is 3.27. The maximum Gasteiger partial charge on any atom is 0.0239 e. The van der Waals surface area contributed by atoms with Gasteiger partial charge >= 0.3 is 0 Å². The van der Waals surface area contributed by atoms with Gasteiger partial charge in [0.25, 0.3) is 0 Å². The summed E-state index contributed by atoms with van der Waals surface area (Å²) in [6.07, 6.45) is 4.04. The molecule has 0 aliphatic carbocycles. The normalized spacial score (nSPS) is 23.2. The molecule has 1 heteroatoms. The van der Waals surface area contributed by atoms with E-state index in [0.717, 1.165) is 12.5 Å². The van der Waals surface area contributed by atoms with Crippen LogP contribution in [0.25, 0.3) is 0 Å². The fraction of sp³-hybridized carbons (Fsp3) is 0.684. The second-order valence-electron chi connectivity index (χ2n) is 7.40. The van der Waals surface area contributed by atoms with Gasteiger partial charge in [0, 0.05) is 12.1 Å². The molecule has 1 aromatic carbocycles. The zero-order valence-corrected chi connectivity index (χ0v) is 13.9. The van der Waals surface area contributed by atoms with Gasteiger partial charge in [-0.05, 0) is 56.2 Å². The third-order valence-corrected chi connectivity index (χ3v) is 5.02. The summed E-state index contributed by atoms with van der Waals surface area (Å²) in [6, 6.07) is 9.15. The first-order chi connectivity index (χ1) is 9.42. The van der Waals surface area contributed by atoms with Crippen LogP contribution in [0.4, 0.5) is 0 Å². The summed E-state index contributed by atoms with van der Waals surface area (Å²) in [4.78, 5) is 2.68. The molecule has 1 unspecified atom stereocenters. The van der Waals surface area contributed by atoms with Crippen molar-refractivity contribution in [3.8, 4) is 0 Å². The van der Waals surface area contributed by atoms with Crippen molar-refractivity contribution in [2.45, 2.75) is 71.9 Å². The third kappa shape index (κ3) is 3.63. The highest BCUT2D eigenvalue weighted by molar-refractivity contribution is 5.26. The Labute approximate surface area is 125 Å². The first kappa shape index (κ1) is 15.6. The maximum absolute atomic E-state index is 2.68. The van der Waals surface area contributed by atoms with Crippen LogP contribution in [0.1, 0.15) is 70.9 Å². The van der Waals surface area contributed by atoms with Crippen LogP contribution in [0, 0.1) is 5.92 Å². The minimum absolute atomic E-state index is 0.340. The molecule has 2 rings (SSSR count). The molecular weight excluding hydrogens is 242 g/mol. The van der Waals surface area contributed by atoms with Crippen molar-refractivity contribution in [1.82, 2.24) is 4.90 Å². The molecule has 1 nitrogen and oxygen atoms in total. The average Bonchev–Trinajstić information content (AvgIpc) is 2.41. The Kier molecular flexibility index (Phi) is 4.90. The molecule has 0 aromatic heterocycles. The lowest BCUT2D eigenvalue weighted by molar-refractivity contribution is 0.0385. The number of rotatable bonds is 4. The second-order valence-corrected chi connectivity index (χ2v) is 7.40. The van der Waals surface area contributed by atoms with Gasteiger partial charge in [0.15, 0.2) is 0 Å². The lowest BCUT2D eigenvalue weighted by Crippen LogP contribution is -2.49. The van der Waals surface area contributed by atoms with Crippen molar-refractivity contribution in [3.05, 3.63) is 35.4 Å². The van der Waals surface area contributed by atoms with Crippen LogP contribution in [0.3, 0.4) is 0 Å². The predicted molar refractivity (Wildman–Crippen MR) is 88.0 cm³/mol. The lowest BCUT2D eigenvalue weighted by atomic mass is 9.81. The quantitative estimate of drug-likeness (QED) is 0.728. The lowest BCUT2D eigenvalue weighted by Gasteiger charge is -2.45. The van der Waals surface area contributed by atoms with Gasteiger partial charge < -0.3 is 0 Å². The van der Waals surface area contributed by atoms with Crippen LogP contribution in [0.5, 0.6) is 0 Å². The minimum Gasteiger partial charge on any atom is -0.294 e. The van der Waals surface area contributed by atoms with E-state index in [1.54, 1.807) is 0 Å². The van der Waals surface area contributed by atoms with Crippen molar-refractivity contribution in [2.75, 3.05) is 6.54 Å². The smallest absolute Gasteiger partial charge is 0.0239 e.